The number of carbonyl (C=O) groups excluding carboxylic acids is 2. The maximum Gasteiger partial charge on any atom is 0.326 e. The molecule has 172 valence electrons. The number of thioether (sulfide) groups is 1. The molecule has 8 heteroatoms. The van der Waals surface area contributed by atoms with Gasteiger partial charge in [0.1, 0.15) is 0 Å². The minimum atomic E-state index is -0.139. The van der Waals surface area contributed by atoms with Gasteiger partial charge < -0.3 is 21.3 Å². The van der Waals surface area contributed by atoms with Crippen LogP contribution in [0.5, 0.6) is 0 Å². The van der Waals surface area contributed by atoms with Crippen LogP contribution in [-0.2, 0) is 10.2 Å². The van der Waals surface area contributed by atoms with E-state index >= 15 is 0 Å². The molecule has 4 atom stereocenters. The second-order valence-corrected chi connectivity index (χ2v) is 11.4. The van der Waals surface area contributed by atoms with Crippen molar-refractivity contribution in [1.82, 2.24) is 21.3 Å². The Balaban J connectivity index is 1.44. The fourth-order valence-corrected chi connectivity index (χ4v) is 6.67. The number of nitrogens with zero attached hydrogens (tertiary/aromatic N) is 1. The minimum absolute atomic E-state index is 0.00639. The van der Waals surface area contributed by atoms with Crippen molar-refractivity contribution in [2.75, 3.05) is 24.5 Å². The maximum absolute atomic E-state index is 13.4. The highest BCUT2D eigenvalue weighted by molar-refractivity contribution is 8.04. The molecule has 4 aliphatic rings. The van der Waals surface area contributed by atoms with Crippen molar-refractivity contribution in [3.63, 3.8) is 0 Å². The van der Waals surface area contributed by atoms with Crippen LogP contribution in [0.4, 0.5) is 10.5 Å². The number of hydrogen-bond acceptors (Lipinski definition) is 5. The van der Waals surface area contributed by atoms with E-state index in [9.17, 15) is 9.59 Å². The van der Waals surface area contributed by atoms with Crippen LogP contribution in [0.25, 0.3) is 0 Å². The molecule has 0 saturated carbocycles. The zero-order valence-corrected chi connectivity index (χ0v) is 19.8. The lowest BCUT2D eigenvalue weighted by Crippen LogP contribution is -2.62. The molecule has 4 aliphatic heterocycles. The smallest absolute Gasteiger partial charge is 0.326 e. The fourth-order valence-electron chi connectivity index (χ4n) is 5.27. The number of nitrogens with one attached hydrogen (secondary N) is 4. The van der Waals surface area contributed by atoms with Crippen molar-refractivity contribution in [2.24, 2.45) is 5.92 Å². The third-order valence-corrected chi connectivity index (χ3v) is 8.32. The summed E-state index contributed by atoms with van der Waals surface area (Å²) in [6.07, 6.45) is 2.92. The van der Waals surface area contributed by atoms with Crippen LogP contribution < -0.4 is 26.2 Å². The highest BCUT2D eigenvalue weighted by Gasteiger charge is 2.51. The highest BCUT2D eigenvalue weighted by Crippen LogP contribution is 2.48. The topological polar surface area (TPSA) is 85.5 Å². The number of urea groups is 1. The van der Waals surface area contributed by atoms with Crippen LogP contribution in [0.1, 0.15) is 45.6 Å². The first-order valence-electron chi connectivity index (χ1n) is 11.7. The van der Waals surface area contributed by atoms with Gasteiger partial charge in [0.2, 0.25) is 0 Å². The molecule has 1 aromatic carbocycles. The summed E-state index contributed by atoms with van der Waals surface area (Å²) in [5.41, 5.74) is 2.94. The Kier molecular flexibility index (Phi) is 5.72. The van der Waals surface area contributed by atoms with E-state index in [1.54, 1.807) is 11.8 Å². The Bertz CT molecular complexity index is 950. The zero-order valence-electron chi connectivity index (χ0n) is 19.0. The summed E-state index contributed by atoms with van der Waals surface area (Å²) in [6.45, 7) is 9.19. The van der Waals surface area contributed by atoms with E-state index in [0.717, 1.165) is 50.3 Å². The average Bonchev–Trinajstić information content (AvgIpc) is 3.14. The predicted octanol–water partition coefficient (Wildman–Crippen LogP) is 2.64. The fraction of sp³-hybridized carbons (Fsp3) is 0.583. The second kappa shape index (κ2) is 8.39. The molecule has 0 bridgehead atoms. The Morgan fingerprint density at radius 2 is 2.06 bits per heavy atom. The van der Waals surface area contributed by atoms with E-state index in [2.05, 4.69) is 54.2 Å². The maximum atomic E-state index is 13.4. The molecule has 5 rings (SSSR count). The molecule has 0 spiro atoms. The highest BCUT2D eigenvalue weighted by atomic mass is 32.2. The van der Waals surface area contributed by atoms with Crippen molar-refractivity contribution in [3.05, 3.63) is 40.4 Å². The van der Waals surface area contributed by atoms with Gasteiger partial charge in [-0.15, -0.1) is 0 Å². The van der Waals surface area contributed by atoms with Crippen molar-refractivity contribution in [3.8, 4) is 0 Å². The van der Waals surface area contributed by atoms with E-state index < -0.39 is 0 Å². The summed E-state index contributed by atoms with van der Waals surface area (Å²) in [5, 5.41) is 13.3. The summed E-state index contributed by atoms with van der Waals surface area (Å²) in [7, 11) is 0. The first-order chi connectivity index (χ1) is 15.3. The van der Waals surface area contributed by atoms with E-state index in [-0.39, 0.29) is 40.7 Å². The lowest BCUT2D eigenvalue weighted by Gasteiger charge is -2.46. The van der Waals surface area contributed by atoms with Crippen LogP contribution >= 0.6 is 11.8 Å². The molecule has 0 aliphatic carbocycles. The monoisotopic (exact) mass is 455 g/mol. The van der Waals surface area contributed by atoms with E-state index in [0.29, 0.717) is 4.91 Å². The van der Waals surface area contributed by atoms with Gasteiger partial charge in [0.25, 0.3) is 5.91 Å². The summed E-state index contributed by atoms with van der Waals surface area (Å²) in [4.78, 5) is 29.1. The van der Waals surface area contributed by atoms with Crippen molar-refractivity contribution in [1.29, 1.82) is 0 Å². The number of piperidine rings is 2. The third-order valence-electron chi connectivity index (χ3n) is 6.97. The first-order valence-corrected chi connectivity index (χ1v) is 12.6. The molecule has 3 amide bonds. The van der Waals surface area contributed by atoms with Crippen molar-refractivity contribution in [2.45, 2.75) is 62.9 Å². The van der Waals surface area contributed by atoms with Gasteiger partial charge >= 0.3 is 6.03 Å². The zero-order chi connectivity index (χ0) is 22.5. The largest absolute Gasteiger partial charge is 0.348 e. The third kappa shape index (κ3) is 3.93. The Morgan fingerprint density at radius 3 is 2.81 bits per heavy atom. The summed E-state index contributed by atoms with van der Waals surface area (Å²) in [5.74, 6) is 0.0205. The number of benzene rings is 1. The molecule has 3 unspecified atom stereocenters. The van der Waals surface area contributed by atoms with Gasteiger partial charge in [-0.25, -0.2) is 4.79 Å². The lowest BCUT2D eigenvalue weighted by atomic mass is 9.84. The summed E-state index contributed by atoms with van der Waals surface area (Å²) < 4.78 is 0. The summed E-state index contributed by atoms with van der Waals surface area (Å²) in [6, 6.07) is 8.36. The molecule has 4 heterocycles. The molecule has 0 aromatic heterocycles. The van der Waals surface area contributed by atoms with Gasteiger partial charge in [-0.1, -0.05) is 44.7 Å². The number of carbonyl (C=O) groups is 2. The van der Waals surface area contributed by atoms with Crippen LogP contribution in [0.15, 0.2) is 34.9 Å². The lowest BCUT2D eigenvalue weighted by molar-refractivity contribution is -0.117. The normalized spacial score (nSPS) is 30.1. The van der Waals surface area contributed by atoms with Crippen molar-refractivity contribution < 1.29 is 9.59 Å². The average molecular weight is 456 g/mol. The molecular formula is C24H33N5O2S. The Morgan fingerprint density at radius 1 is 1.22 bits per heavy atom. The molecular weight excluding hydrogens is 422 g/mol. The Labute approximate surface area is 194 Å². The molecule has 0 radical (unpaired) electrons. The van der Waals surface area contributed by atoms with Gasteiger partial charge in [-0.2, -0.15) is 0 Å². The van der Waals surface area contributed by atoms with Crippen LogP contribution in [0.2, 0.25) is 0 Å². The molecule has 3 saturated heterocycles. The van der Waals surface area contributed by atoms with Crippen LogP contribution in [-0.4, -0.2) is 49.0 Å². The van der Waals surface area contributed by atoms with E-state index in [1.165, 1.54) is 5.56 Å². The van der Waals surface area contributed by atoms with Crippen molar-refractivity contribution >= 4 is 29.4 Å². The van der Waals surface area contributed by atoms with E-state index in [4.69, 9.17) is 0 Å². The Hall–Kier alpha value is -2.03. The van der Waals surface area contributed by atoms with Gasteiger partial charge in [0.05, 0.1) is 16.3 Å². The van der Waals surface area contributed by atoms with E-state index in [1.807, 2.05) is 17.0 Å². The number of anilines is 1. The first kappa shape index (κ1) is 21.8. The minimum Gasteiger partial charge on any atom is -0.348 e. The number of amides is 3. The molecule has 3 fully saturated rings. The van der Waals surface area contributed by atoms with Crippen LogP contribution in [0, 0.1) is 5.92 Å². The second-order valence-electron chi connectivity index (χ2n) is 10.2. The van der Waals surface area contributed by atoms with Gasteiger partial charge in [0.15, 0.2) is 0 Å². The van der Waals surface area contributed by atoms with Gasteiger partial charge in [-0.05, 0) is 55.5 Å². The standard InChI is InChI=1S/C24H33N5O2S/c1-24(2,3)14-6-4-8-16(12-14)29-17-9-11-26-22-18(17)19(28-23(29)31)20(32-22)21(30)27-15-7-5-10-25-13-15/h4,6,8,12,15,17-18,22,25-26H,5,7,9-11,13H2,1-3H3,(H,27,30)(H,28,31)/t15-,17?,18?,22?/m1/s1. The molecule has 7 nitrogen and oxygen atoms in total. The van der Waals surface area contributed by atoms with Gasteiger partial charge in [-0.3, -0.25) is 9.69 Å². The number of hydrogen-bond donors (Lipinski definition) is 4. The molecule has 4 N–H and O–H groups in total. The van der Waals surface area contributed by atoms with Crippen LogP contribution in [0.3, 0.4) is 0 Å². The number of rotatable bonds is 3. The molecule has 32 heavy (non-hydrogen) atoms. The summed E-state index contributed by atoms with van der Waals surface area (Å²) >= 11 is 1.57. The quantitative estimate of drug-likeness (QED) is 0.563. The van der Waals surface area contributed by atoms with Gasteiger partial charge in [0, 0.05) is 29.9 Å². The SMILES string of the molecule is CC(C)(C)c1cccc(N2C(=O)NC3=C(C(=O)N[C@@H]4CCCNC4)SC4NCCC2C34)c1. The predicted molar refractivity (Wildman–Crippen MR) is 128 cm³/mol. The molecule has 1 aromatic rings.